The number of carbonyl (C=O) groups excluding carboxylic acids is 2. The molecular weight excluding hydrogens is 296 g/mol. The lowest BCUT2D eigenvalue weighted by Gasteiger charge is -2.15. The second-order valence-electron chi connectivity index (χ2n) is 5.29. The maximum atomic E-state index is 12.5. The largest absolute Gasteiger partial charge is 0.365 e. The Balaban J connectivity index is 1.81. The lowest BCUT2D eigenvalue weighted by molar-refractivity contribution is -0.116. The minimum Gasteiger partial charge on any atom is -0.365 e. The van der Waals surface area contributed by atoms with Crippen molar-refractivity contribution in [2.45, 2.75) is 19.2 Å². The van der Waals surface area contributed by atoms with Crippen LogP contribution in [0.5, 0.6) is 0 Å². The molecule has 1 fully saturated rings. The van der Waals surface area contributed by atoms with Gasteiger partial charge in [0.25, 0.3) is 11.1 Å². The van der Waals surface area contributed by atoms with Gasteiger partial charge in [-0.15, -0.1) is 0 Å². The van der Waals surface area contributed by atoms with Crippen LogP contribution in [0.15, 0.2) is 48.5 Å². The zero-order valence-electron chi connectivity index (χ0n) is 12.4. The Morgan fingerprint density at radius 2 is 1.73 bits per heavy atom. The molecule has 0 bridgehead atoms. The van der Waals surface area contributed by atoms with Gasteiger partial charge in [-0.05, 0) is 55.4 Å². The van der Waals surface area contributed by atoms with E-state index in [0.717, 1.165) is 28.6 Å². The van der Waals surface area contributed by atoms with Crippen molar-refractivity contribution in [3.8, 4) is 0 Å². The molecule has 0 aromatic heterocycles. The van der Waals surface area contributed by atoms with E-state index in [-0.39, 0.29) is 11.1 Å². The zero-order chi connectivity index (χ0) is 15.7. The van der Waals surface area contributed by atoms with Crippen LogP contribution in [0.2, 0.25) is 0 Å². The number of amides is 2. The highest BCUT2D eigenvalue weighted by atomic mass is 32.2. The Morgan fingerprint density at radius 1 is 1.00 bits per heavy atom. The Kier molecular flexibility index (Phi) is 3.90. The van der Waals surface area contributed by atoms with E-state index >= 15 is 0 Å². The Morgan fingerprint density at radius 3 is 2.41 bits per heavy atom. The number of benzene rings is 2. The van der Waals surface area contributed by atoms with Crippen molar-refractivity contribution in [3.05, 3.63) is 59.7 Å². The monoisotopic (exact) mass is 312 g/mol. The third-order valence-electron chi connectivity index (χ3n) is 3.45. The van der Waals surface area contributed by atoms with E-state index in [2.05, 4.69) is 5.32 Å². The molecule has 2 amide bonds. The summed E-state index contributed by atoms with van der Waals surface area (Å²) in [6.45, 7) is 3.95. The van der Waals surface area contributed by atoms with Crippen LogP contribution in [0.25, 0.3) is 0 Å². The minimum absolute atomic E-state index is 0.236. The van der Waals surface area contributed by atoms with Gasteiger partial charge in [-0.3, -0.25) is 9.59 Å². The van der Waals surface area contributed by atoms with Gasteiger partial charge in [0, 0.05) is 5.69 Å². The number of nitrogens with zero attached hydrogens (tertiary/aromatic N) is 1. The number of hydrogen-bond donors (Lipinski definition) is 1. The van der Waals surface area contributed by atoms with Crippen LogP contribution in [0.4, 0.5) is 16.2 Å². The van der Waals surface area contributed by atoms with Crippen molar-refractivity contribution in [1.29, 1.82) is 0 Å². The van der Waals surface area contributed by atoms with Crippen molar-refractivity contribution in [2.24, 2.45) is 0 Å². The summed E-state index contributed by atoms with van der Waals surface area (Å²) in [5, 5.41) is 2.29. The van der Waals surface area contributed by atoms with E-state index in [9.17, 15) is 9.59 Å². The van der Waals surface area contributed by atoms with Crippen LogP contribution in [0, 0.1) is 13.8 Å². The highest BCUT2D eigenvalue weighted by Gasteiger charge is 2.40. The highest BCUT2D eigenvalue weighted by molar-refractivity contribution is 8.16. The molecule has 0 aliphatic carbocycles. The van der Waals surface area contributed by atoms with E-state index in [1.807, 2.05) is 50.2 Å². The van der Waals surface area contributed by atoms with Crippen molar-refractivity contribution in [1.82, 2.24) is 0 Å². The summed E-state index contributed by atoms with van der Waals surface area (Å²) in [5.41, 5.74) is 3.64. The number of thioether (sulfide) groups is 1. The topological polar surface area (TPSA) is 49.4 Å². The SMILES string of the molecule is Cc1ccc(N2C(=O)S[C@@H](Nc3cccc(C)c3)C2=O)cc1. The fourth-order valence-electron chi connectivity index (χ4n) is 2.32. The van der Waals surface area contributed by atoms with Crippen LogP contribution in [0.3, 0.4) is 0 Å². The zero-order valence-corrected chi connectivity index (χ0v) is 13.2. The van der Waals surface area contributed by atoms with E-state index in [1.165, 1.54) is 4.90 Å². The van der Waals surface area contributed by atoms with Gasteiger partial charge in [0.15, 0.2) is 5.37 Å². The summed E-state index contributed by atoms with van der Waals surface area (Å²) in [4.78, 5) is 25.9. The van der Waals surface area contributed by atoms with Gasteiger partial charge in [-0.1, -0.05) is 29.8 Å². The molecule has 2 aromatic rings. The first-order chi connectivity index (χ1) is 10.5. The van der Waals surface area contributed by atoms with Crippen molar-refractivity contribution >= 4 is 34.3 Å². The second-order valence-corrected chi connectivity index (χ2v) is 6.34. The predicted molar refractivity (Wildman–Crippen MR) is 90.2 cm³/mol. The molecule has 1 aliphatic rings. The van der Waals surface area contributed by atoms with Crippen LogP contribution >= 0.6 is 11.8 Å². The molecule has 0 unspecified atom stereocenters. The highest BCUT2D eigenvalue weighted by Crippen LogP contribution is 2.32. The number of carbonyl (C=O) groups is 2. The average Bonchev–Trinajstić information content (AvgIpc) is 2.75. The Labute approximate surface area is 133 Å². The molecule has 0 radical (unpaired) electrons. The average molecular weight is 312 g/mol. The molecule has 0 saturated carbocycles. The molecule has 1 aliphatic heterocycles. The first kappa shape index (κ1) is 14.7. The fraction of sp³-hybridized carbons (Fsp3) is 0.176. The fourth-order valence-corrected chi connectivity index (χ4v) is 3.22. The van der Waals surface area contributed by atoms with Gasteiger partial charge in [-0.25, -0.2) is 4.90 Å². The van der Waals surface area contributed by atoms with Crippen molar-refractivity contribution in [2.75, 3.05) is 10.2 Å². The Bertz CT molecular complexity index is 728. The van der Waals surface area contributed by atoms with Crippen molar-refractivity contribution < 1.29 is 9.59 Å². The number of nitrogens with one attached hydrogen (secondary N) is 1. The number of rotatable bonds is 3. The van der Waals surface area contributed by atoms with E-state index in [4.69, 9.17) is 0 Å². The molecule has 2 aromatic carbocycles. The van der Waals surface area contributed by atoms with Crippen LogP contribution in [-0.2, 0) is 4.79 Å². The number of hydrogen-bond acceptors (Lipinski definition) is 4. The molecule has 5 heteroatoms. The molecule has 1 atom stereocenters. The number of anilines is 2. The van der Waals surface area contributed by atoms with Gasteiger partial charge >= 0.3 is 0 Å². The molecule has 4 nitrogen and oxygen atoms in total. The summed E-state index contributed by atoms with van der Waals surface area (Å²) >= 11 is 1.01. The lowest BCUT2D eigenvalue weighted by atomic mass is 10.2. The maximum absolute atomic E-state index is 12.5. The summed E-state index contributed by atoms with van der Waals surface area (Å²) in [6, 6.07) is 15.1. The van der Waals surface area contributed by atoms with Crippen LogP contribution in [-0.4, -0.2) is 16.5 Å². The maximum Gasteiger partial charge on any atom is 0.295 e. The first-order valence-electron chi connectivity index (χ1n) is 6.99. The molecule has 0 spiro atoms. The Hall–Kier alpha value is -2.27. The van der Waals surface area contributed by atoms with E-state index in [1.54, 1.807) is 12.1 Å². The third kappa shape index (κ3) is 2.85. The minimum atomic E-state index is -0.587. The van der Waals surface area contributed by atoms with E-state index < -0.39 is 5.37 Å². The summed E-state index contributed by atoms with van der Waals surface area (Å²) in [5.74, 6) is -0.236. The normalized spacial score (nSPS) is 17.9. The summed E-state index contributed by atoms with van der Waals surface area (Å²) < 4.78 is 0. The molecule has 112 valence electrons. The standard InChI is InChI=1S/C17H16N2O2S/c1-11-6-8-14(9-7-11)19-16(20)15(22-17(19)21)18-13-5-3-4-12(2)10-13/h3-10,15,18H,1-2H3/t15-/m1/s1. The predicted octanol–water partition coefficient (Wildman–Crippen LogP) is 3.94. The quantitative estimate of drug-likeness (QED) is 0.932. The van der Waals surface area contributed by atoms with Gasteiger partial charge in [0.2, 0.25) is 0 Å². The smallest absolute Gasteiger partial charge is 0.295 e. The molecule has 1 saturated heterocycles. The first-order valence-corrected chi connectivity index (χ1v) is 7.87. The molecule has 3 rings (SSSR count). The summed E-state index contributed by atoms with van der Waals surface area (Å²) in [7, 11) is 0. The lowest BCUT2D eigenvalue weighted by Crippen LogP contribution is -2.34. The molecular formula is C17H16N2O2S. The summed E-state index contributed by atoms with van der Waals surface area (Å²) in [6.07, 6.45) is 0. The number of imide groups is 1. The number of aryl methyl sites for hydroxylation is 2. The van der Waals surface area contributed by atoms with Gasteiger partial charge in [-0.2, -0.15) is 0 Å². The molecule has 1 N–H and O–H groups in total. The van der Waals surface area contributed by atoms with Gasteiger partial charge < -0.3 is 5.32 Å². The molecule has 22 heavy (non-hydrogen) atoms. The molecule has 1 heterocycles. The third-order valence-corrected chi connectivity index (χ3v) is 4.39. The second kappa shape index (κ2) is 5.85. The van der Waals surface area contributed by atoms with Crippen molar-refractivity contribution in [3.63, 3.8) is 0 Å². The van der Waals surface area contributed by atoms with Gasteiger partial charge in [0.1, 0.15) is 0 Å². The van der Waals surface area contributed by atoms with Crippen LogP contribution in [0.1, 0.15) is 11.1 Å². The van der Waals surface area contributed by atoms with E-state index in [0.29, 0.717) is 5.69 Å². The van der Waals surface area contributed by atoms with Gasteiger partial charge in [0.05, 0.1) is 5.69 Å². The van der Waals surface area contributed by atoms with Crippen LogP contribution < -0.4 is 10.2 Å².